The Bertz CT molecular complexity index is 1000. The number of methoxy groups -OCH3 is 1. The minimum absolute atomic E-state index is 0.382. The van der Waals surface area contributed by atoms with Crippen molar-refractivity contribution in [2.75, 3.05) is 31.7 Å². The molecule has 2 aromatic heterocycles. The van der Waals surface area contributed by atoms with Gasteiger partial charge in [-0.05, 0) is 49.9 Å². The molecule has 0 saturated carbocycles. The monoisotopic (exact) mass is 395 g/mol. The van der Waals surface area contributed by atoms with Gasteiger partial charge in [-0.15, -0.1) is 0 Å². The molecule has 1 saturated heterocycles. The largest absolute Gasteiger partial charge is 0.481 e. The topological polar surface area (TPSA) is 88.7 Å². The molecule has 3 aromatic rings. The number of benzene rings is 1. The van der Waals surface area contributed by atoms with Crippen molar-refractivity contribution >= 4 is 22.8 Å². The zero-order chi connectivity index (χ0) is 20.2. The summed E-state index contributed by atoms with van der Waals surface area (Å²) in [6.07, 6.45) is 6.64. The van der Waals surface area contributed by atoms with E-state index in [4.69, 9.17) is 19.1 Å². The van der Waals surface area contributed by atoms with Gasteiger partial charge in [0, 0.05) is 44.0 Å². The summed E-state index contributed by atoms with van der Waals surface area (Å²) in [5.74, 6) is -0.374. The Labute approximate surface area is 169 Å². The number of hydrogen-bond acceptors (Lipinski definition) is 6. The van der Waals surface area contributed by atoms with Gasteiger partial charge in [-0.2, -0.15) is 0 Å². The molecule has 0 amide bonds. The molecule has 7 nitrogen and oxygen atoms in total. The third-order valence-corrected chi connectivity index (χ3v) is 5.38. The van der Waals surface area contributed by atoms with E-state index < -0.39 is 5.97 Å². The molecule has 3 heterocycles. The zero-order valence-electron chi connectivity index (χ0n) is 16.5. The summed E-state index contributed by atoms with van der Waals surface area (Å²) < 4.78 is 10.6. The van der Waals surface area contributed by atoms with Crippen LogP contribution in [-0.4, -0.2) is 47.8 Å². The van der Waals surface area contributed by atoms with Gasteiger partial charge in [-0.1, -0.05) is 0 Å². The molecule has 1 N–H and O–H groups in total. The first-order valence-corrected chi connectivity index (χ1v) is 9.96. The van der Waals surface area contributed by atoms with Crippen LogP contribution in [0.4, 0.5) is 5.82 Å². The molecule has 1 aliphatic heterocycles. The summed E-state index contributed by atoms with van der Waals surface area (Å²) >= 11 is 0. The van der Waals surface area contributed by atoms with Crippen molar-refractivity contribution in [3.05, 3.63) is 42.4 Å². The Hall–Kier alpha value is -2.93. The van der Waals surface area contributed by atoms with Crippen LogP contribution in [0.15, 0.2) is 41.1 Å². The second-order valence-electron chi connectivity index (χ2n) is 7.43. The normalized spacial score (nSPS) is 17.0. The third kappa shape index (κ3) is 4.24. The number of hydrogen-bond donors (Lipinski definition) is 1. The Morgan fingerprint density at radius 2 is 2.28 bits per heavy atom. The third-order valence-electron chi connectivity index (χ3n) is 5.38. The number of nitrogens with zero attached hydrogens (tertiary/aromatic N) is 3. The summed E-state index contributed by atoms with van der Waals surface area (Å²) in [6.45, 7) is 1.90. The fourth-order valence-electron chi connectivity index (χ4n) is 3.84. The van der Waals surface area contributed by atoms with E-state index >= 15 is 0 Å². The lowest BCUT2D eigenvalue weighted by molar-refractivity contribution is -0.141. The fourth-order valence-corrected chi connectivity index (χ4v) is 3.84. The van der Waals surface area contributed by atoms with Crippen molar-refractivity contribution in [1.29, 1.82) is 0 Å². The van der Waals surface area contributed by atoms with E-state index in [1.165, 1.54) is 0 Å². The molecule has 1 fully saturated rings. The van der Waals surface area contributed by atoms with Gasteiger partial charge in [0.1, 0.15) is 11.3 Å². The maximum absolute atomic E-state index is 11.6. The summed E-state index contributed by atoms with van der Waals surface area (Å²) in [5.41, 5.74) is 3.43. The first-order chi connectivity index (χ1) is 14.2. The molecule has 0 spiro atoms. The van der Waals surface area contributed by atoms with Gasteiger partial charge in [0.05, 0.1) is 17.9 Å². The second-order valence-corrected chi connectivity index (χ2v) is 7.43. The van der Waals surface area contributed by atoms with Crippen LogP contribution < -0.4 is 4.90 Å². The molecule has 0 radical (unpaired) electrons. The zero-order valence-corrected chi connectivity index (χ0v) is 16.5. The SMILES string of the molecule is COCCCc1cnc(-c2ccc3occc3c2)c(N2CCC[C@@H](C(=O)O)C2)n1. The number of piperidine rings is 1. The van der Waals surface area contributed by atoms with Crippen LogP contribution in [0.25, 0.3) is 22.2 Å². The number of carbonyl (C=O) groups is 1. The summed E-state index contributed by atoms with van der Waals surface area (Å²) in [5, 5.41) is 10.5. The molecule has 1 aliphatic rings. The number of anilines is 1. The van der Waals surface area contributed by atoms with E-state index in [9.17, 15) is 9.90 Å². The molecular weight excluding hydrogens is 370 g/mol. The number of aryl methyl sites for hydroxylation is 1. The van der Waals surface area contributed by atoms with Crippen LogP contribution in [0.5, 0.6) is 0 Å². The van der Waals surface area contributed by atoms with Gasteiger partial charge in [0.2, 0.25) is 0 Å². The van der Waals surface area contributed by atoms with E-state index in [-0.39, 0.29) is 5.92 Å². The number of furan rings is 1. The molecule has 1 atom stereocenters. The quantitative estimate of drug-likeness (QED) is 0.609. The van der Waals surface area contributed by atoms with Crippen molar-refractivity contribution in [1.82, 2.24) is 9.97 Å². The van der Waals surface area contributed by atoms with E-state index in [0.29, 0.717) is 19.6 Å². The molecule has 7 heteroatoms. The van der Waals surface area contributed by atoms with Gasteiger partial charge in [-0.25, -0.2) is 4.98 Å². The number of fused-ring (bicyclic) bond motifs is 1. The predicted octanol–water partition coefficient (Wildman–Crippen LogP) is 3.77. The molecule has 152 valence electrons. The lowest BCUT2D eigenvalue weighted by atomic mass is 9.97. The lowest BCUT2D eigenvalue weighted by Crippen LogP contribution is -2.39. The van der Waals surface area contributed by atoms with Crippen LogP contribution in [0.1, 0.15) is 25.0 Å². The molecule has 1 aromatic carbocycles. The van der Waals surface area contributed by atoms with E-state index in [1.807, 2.05) is 30.5 Å². The van der Waals surface area contributed by atoms with E-state index in [2.05, 4.69) is 4.90 Å². The molecule has 0 unspecified atom stereocenters. The number of rotatable bonds is 7. The Balaban J connectivity index is 1.72. The molecule has 0 aliphatic carbocycles. The summed E-state index contributed by atoms with van der Waals surface area (Å²) in [4.78, 5) is 23.3. The average molecular weight is 395 g/mol. The second kappa shape index (κ2) is 8.61. The highest BCUT2D eigenvalue weighted by molar-refractivity contribution is 5.85. The molecule has 0 bridgehead atoms. The van der Waals surface area contributed by atoms with E-state index in [1.54, 1.807) is 13.4 Å². The lowest BCUT2D eigenvalue weighted by Gasteiger charge is -2.32. The number of aromatic nitrogens is 2. The van der Waals surface area contributed by atoms with Gasteiger partial charge in [0.25, 0.3) is 0 Å². The number of ether oxygens (including phenoxy) is 1. The number of aliphatic carboxylic acids is 1. The van der Waals surface area contributed by atoms with Crippen molar-refractivity contribution in [2.45, 2.75) is 25.7 Å². The predicted molar refractivity (Wildman–Crippen MR) is 110 cm³/mol. The molecular formula is C22H25N3O4. The summed E-state index contributed by atoms with van der Waals surface area (Å²) in [7, 11) is 1.69. The van der Waals surface area contributed by atoms with Gasteiger partial charge in [-0.3, -0.25) is 9.78 Å². The Morgan fingerprint density at radius 1 is 1.38 bits per heavy atom. The maximum Gasteiger partial charge on any atom is 0.308 e. The van der Waals surface area contributed by atoms with Crippen LogP contribution in [0.2, 0.25) is 0 Å². The van der Waals surface area contributed by atoms with Crippen LogP contribution in [0, 0.1) is 5.92 Å². The minimum Gasteiger partial charge on any atom is -0.481 e. The Kier molecular flexibility index (Phi) is 5.76. The minimum atomic E-state index is -0.750. The maximum atomic E-state index is 11.6. The highest BCUT2D eigenvalue weighted by Gasteiger charge is 2.28. The van der Waals surface area contributed by atoms with Crippen LogP contribution in [0.3, 0.4) is 0 Å². The highest BCUT2D eigenvalue weighted by atomic mass is 16.5. The first-order valence-electron chi connectivity index (χ1n) is 9.96. The van der Waals surface area contributed by atoms with Gasteiger partial charge in [0.15, 0.2) is 5.82 Å². The van der Waals surface area contributed by atoms with Crippen molar-refractivity contribution in [3.63, 3.8) is 0 Å². The van der Waals surface area contributed by atoms with Gasteiger partial charge < -0.3 is 19.2 Å². The number of carboxylic acid groups (broad SMARTS) is 1. The fraction of sp³-hybridized carbons (Fsp3) is 0.409. The standard InChI is InChI=1S/C22H25N3O4/c1-28-10-3-5-18-13-23-20(16-6-7-19-15(12-16)8-11-29-19)21(24-18)25-9-2-4-17(14-25)22(26)27/h6-8,11-13,17H,2-5,9-10,14H2,1H3,(H,26,27)/t17-/m1/s1. The van der Waals surface area contributed by atoms with Gasteiger partial charge >= 0.3 is 5.97 Å². The van der Waals surface area contributed by atoms with Crippen molar-refractivity contribution in [2.24, 2.45) is 5.92 Å². The molecule has 4 rings (SSSR count). The highest BCUT2D eigenvalue weighted by Crippen LogP contribution is 2.32. The van der Waals surface area contributed by atoms with Crippen molar-refractivity contribution in [3.8, 4) is 11.3 Å². The van der Waals surface area contributed by atoms with Crippen LogP contribution in [-0.2, 0) is 16.0 Å². The van der Waals surface area contributed by atoms with Crippen molar-refractivity contribution < 1.29 is 19.1 Å². The summed E-state index contributed by atoms with van der Waals surface area (Å²) in [6, 6.07) is 7.86. The van der Waals surface area contributed by atoms with Crippen LogP contribution >= 0.6 is 0 Å². The van der Waals surface area contributed by atoms with E-state index in [0.717, 1.165) is 59.5 Å². The molecule has 29 heavy (non-hydrogen) atoms. The smallest absolute Gasteiger partial charge is 0.308 e. The Morgan fingerprint density at radius 3 is 3.10 bits per heavy atom. The first kappa shape index (κ1) is 19.4. The number of carboxylic acids is 1. The average Bonchev–Trinajstić information content (AvgIpc) is 3.22.